The Bertz CT molecular complexity index is 980. The first-order valence-corrected chi connectivity index (χ1v) is 10.4. The number of carbonyl (C=O) groups excluding carboxylic acids is 1. The normalized spacial score (nSPS) is 11.4. The second-order valence-corrected chi connectivity index (χ2v) is 8.57. The Kier molecular flexibility index (Phi) is 5.21. The van der Waals surface area contributed by atoms with Gasteiger partial charge in [0.05, 0.1) is 4.90 Å². The molecule has 1 amide bonds. The first-order valence-electron chi connectivity index (χ1n) is 7.18. The number of anilines is 1. The molecule has 3 rings (SSSR count). The van der Waals surface area contributed by atoms with Crippen LogP contribution in [0.3, 0.4) is 0 Å². The van der Waals surface area contributed by atoms with Crippen LogP contribution in [0.4, 0.5) is 5.13 Å². The maximum atomic E-state index is 12.5. The quantitative estimate of drug-likeness (QED) is 0.639. The lowest BCUT2D eigenvalue weighted by Gasteiger charge is -2.00. The molecule has 1 N–H and O–H groups in total. The van der Waals surface area contributed by atoms with E-state index in [1.807, 2.05) is 6.92 Å². The summed E-state index contributed by atoms with van der Waals surface area (Å²) in [4.78, 5) is 16.4. The Morgan fingerprint density at radius 3 is 2.72 bits per heavy atom. The van der Waals surface area contributed by atoms with Gasteiger partial charge in [-0.15, -0.1) is 0 Å². The largest absolute Gasteiger partial charge is 0.439 e. The molecule has 2 aromatic heterocycles. The molecule has 3 aromatic rings. The number of benzene rings is 1. The van der Waals surface area contributed by atoms with Crippen LogP contribution in [-0.2, 0) is 9.84 Å². The summed E-state index contributed by atoms with van der Waals surface area (Å²) in [7, 11) is -3.80. The van der Waals surface area contributed by atoms with Gasteiger partial charge in [-0.05, 0) is 30.0 Å². The maximum absolute atomic E-state index is 12.5. The van der Waals surface area contributed by atoms with E-state index in [0.29, 0.717) is 10.3 Å². The van der Waals surface area contributed by atoms with Crippen molar-refractivity contribution in [3.05, 3.63) is 48.2 Å². The number of nitrogens with one attached hydrogen (secondary N) is 1. The summed E-state index contributed by atoms with van der Waals surface area (Å²) in [6, 6.07) is 10.4. The van der Waals surface area contributed by atoms with Crippen LogP contribution >= 0.6 is 23.3 Å². The third kappa shape index (κ3) is 3.91. The fourth-order valence-electron chi connectivity index (χ4n) is 1.91. The molecular formula is C15H13N3O4S3. The first-order chi connectivity index (χ1) is 12.0. The van der Waals surface area contributed by atoms with Gasteiger partial charge in [0.25, 0.3) is 5.91 Å². The molecule has 130 valence electrons. The lowest BCUT2D eigenvalue weighted by molar-refractivity contribution is 0.0991. The van der Waals surface area contributed by atoms with Gasteiger partial charge in [0, 0.05) is 11.5 Å². The number of furan rings is 1. The van der Waals surface area contributed by atoms with Crippen molar-refractivity contribution in [1.29, 1.82) is 0 Å². The third-order valence-electron chi connectivity index (χ3n) is 3.02. The van der Waals surface area contributed by atoms with Crippen molar-refractivity contribution in [3.63, 3.8) is 0 Å². The van der Waals surface area contributed by atoms with Gasteiger partial charge in [0.15, 0.2) is 5.76 Å². The highest BCUT2D eigenvalue weighted by atomic mass is 32.2. The average molecular weight is 395 g/mol. The van der Waals surface area contributed by atoms with E-state index in [9.17, 15) is 13.2 Å². The van der Waals surface area contributed by atoms with E-state index in [0.717, 1.165) is 17.3 Å². The lowest BCUT2D eigenvalue weighted by atomic mass is 10.4. The smallest absolute Gasteiger partial charge is 0.293 e. The van der Waals surface area contributed by atoms with E-state index in [-0.39, 0.29) is 15.7 Å². The zero-order valence-electron chi connectivity index (χ0n) is 13.0. The van der Waals surface area contributed by atoms with Crippen molar-refractivity contribution in [2.75, 3.05) is 11.1 Å². The predicted octanol–water partition coefficient (Wildman–Crippen LogP) is 3.33. The van der Waals surface area contributed by atoms with Crippen LogP contribution in [0.2, 0.25) is 0 Å². The second kappa shape index (κ2) is 7.38. The number of amides is 1. The average Bonchev–Trinajstić information content (AvgIpc) is 3.26. The Balaban J connectivity index is 1.77. The Hall–Kier alpha value is -2.17. The summed E-state index contributed by atoms with van der Waals surface area (Å²) in [6.45, 7) is 1.97. The number of aromatic nitrogens is 2. The van der Waals surface area contributed by atoms with Crippen LogP contribution in [0.5, 0.6) is 0 Å². The van der Waals surface area contributed by atoms with Gasteiger partial charge in [0.2, 0.25) is 25.2 Å². The van der Waals surface area contributed by atoms with Crippen molar-refractivity contribution < 1.29 is 17.6 Å². The van der Waals surface area contributed by atoms with Crippen LogP contribution in [-0.4, -0.2) is 29.4 Å². The number of sulfone groups is 1. The highest BCUT2D eigenvalue weighted by molar-refractivity contribution is 7.99. The van der Waals surface area contributed by atoms with Crippen molar-refractivity contribution in [2.24, 2.45) is 0 Å². The molecule has 0 atom stereocenters. The molecule has 0 saturated heterocycles. The van der Waals surface area contributed by atoms with E-state index in [1.54, 1.807) is 18.2 Å². The Morgan fingerprint density at radius 2 is 2.00 bits per heavy atom. The number of carbonyl (C=O) groups is 1. The zero-order chi connectivity index (χ0) is 17.9. The molecular weight excluding hydrogens is 382 g/mol. The minimum absolute atomic E-state index is 0.0988. The molecule has 0 saturated carbocycles. The van der Waals surface area contributed by atoms with Crippen molar-refractivity contribution in [2.45, 2.75) is 22.1 Å². The van der Waals surface area contributed by atoms with E-state index >= 15 is 0 Å². The van der Waals surface area contributed by atoms with E-state index in [1.165, 1.54) is 36.0 Å². The molecule has 0 bridgehead atoms. The highest BCUT2D eigenvalue weighted by Gasteiger charge is 2.23. The van der Waals surface area contributed by atoms with Gasteiger partial charge in [-0.25, -0.2) is 8.42 Å². The number of thioether (sulfide) groups is 1. The molecule has 0 aliphatic heterocycles. The first kappa shape index (κ1) is 17.6. The molecule has 10 heteroatoms. The number of nitrogens with zero attached hydrogens (tertiary/aromatic N) is 2. The van der Waals surface area contributed by atoms with E-state index in [2.05, 4.69) is 14.7 Å². The summed E-state index contributed by atoms with van der Waals surface area (Å²) in [5.74, 6) is 0.122. The zero-order valence-corrected chi connectivity index (χ0v) is 15.5. The molecule has 0 fully saturated rings. The van der Waals surface area contributed by atoms with Crippen LogP contribution in [0, 0.1) is 0 Å². The van der Waals surface area contributed by atoms with Gasteiger partial charge in [-0.3, -0.25) is 10.1 Å². The maximum Gasteiger partial charge on any atom is 0.293 e. The van der Waals surface area contributed by atoms with Gasteiger partial charge in [-0.2, -0.15) is 9.36 Å². The molecule has 1 aromatic carbocycles. The molecule has 0 unspecified atom stereocenters. The third-order valence-corrected chi connectivity index (χ3v) is 6.14. The summed E-state index contributed by atoms with van der Waals surface area (Å²) in [6.07, 6.45) is 0. The topological polar surface area (TPSA) is 102 Å². The summed E-state index contributed by atoms with van der Waals surface area (Å²) < 4.78 is 34.2. The van der Waals surface area contributed by atoms with Crippen LogP contribution in [0.25, 0.3) is 0 Å². The van der Waals surface area contributed by atoms with Crippen molar-refractivity contribution in [3.8, 4) is 0 Å². The fraction of sp³-hybridized carbons (Fsp3) is 0.133. The van der Waals surface area contributed by atoms with Gasteiger partial charge < -0.3 is 4.42 Å². The highest BCUT2D eigenvalue weighted by Crippen LogP contribution is 2.24. The van der Waals surface area contributed by atoms with Gasteiger partial charge in [0.1, 0.15) is 0 Å². The van der Waals surface area contributed by atoms with Crippen molar-refractivity contribution in [1.82, 2.24) is 9.36 Å². The van der Waals surface area contributed by atoms with E-state index in [4.69, 9.17) is 4.42 Å². The minimum atomic E-state index is -3.80. The van der Waals surface area contributed by atoms with Gasteiger partial charge >= 0.3 is 0 Å². The van der Waals surface area contributed by atoms with Crippen LogP contribution < -0.4 is 5.32 Å². The summed E-state index contributed by atoms with van der Waals surface area (Å²) in [5, 5.41) is 3.16. The minimum Gasteiger partial charge on any atom is -0.439 e. The van der Waals surface area contributed by atoms with Crippen LogP contribution in [0.1, 0.15) is 17.5 Å². The van der Waals surface area contributed by atoms with Crippen molar-refractivity contribution >= 4 is 44.2 Å². The van der Waals surface area contributed by atoms with Gasteiger partial charge in [-0.1, -0.05) is 36.9 Å². The SMILES string of the molecule is CCSc1nsc(NC(=O)c2ccc(S(=O)(=O)c3ccccc3)o2)n1. The van der Waals surface area contributed by atoms with E-state index < -0.39 is 15.7 Å². The standard InChI is InChI=1S/C15H13N3O4S3/c1-2-23-15-17-14(24-18-15)16-13(19)11-8-9-12(22-11)25(20,21)10-6-4-3-5-7-10/h3-9H,2H2,1H3,(H,16,17,18,19). The van der Waals surface area contributed by atoms with Crippen LogP contribution in [0.15, 0.2) is 62.0 Å². The molecule has 25 heavy (non-hydrogen) atoms. The second-order valence-electron chi connectivity index (χ2n) is 4.70. The molecule has 0 spiro atoms. The number of hydrogen-bond donors (Lipinski definition) is 1. The monoisotopic (exact) mass is 395 g/mol. The predicted molar refractivity (Wildman–Crippen MR) is 94.9 cm³/mol. The summed E-state index contributed by atoms with van der Waals surface area (Å²) in [5.41, 5.74) is 0. The lowest BCUT2D eigenvalue weighted by Crippen LogP contribution is -2.10. The Labute approximate surface area is 152 Å². The Morgan fingerprint density at radius 1 is 1.24 bits per heavy atom. The molecule has 0 aliphatic carbocycles. The molecule has 2 heterocycles. The molecule has 0 aliphatic rings. The fourth-order valence-corrected chi connectivity index (χ4v) is 4.37. The molecule has 7 nitrogen and oxygen atoms in total. The summed E-state index contributed by atoms with van der Waals surface area (Å²) >= 11 is 2.51. The number of hydrogen-bond acceptors (Lipinski definition) is 8. The number of rotatable bonds is 6. The molecule has 0 radical (unpaired) electrons.